The van der Waals surface area contributed by atoms with Crippen LogP contribution in [0.25, 0.3) is 11.0 Å². The van der Waals surface area contributed by atoms with E-state index in [4.69, 9.17) is 11.5 Å². The number of rotatable bonds is 3. The van der Waals surface area contributed by atoms with Gasteiger partial charge in [-0.15, -0.1) is 0 Å². The molecule has 0 unspecified atom stereocenters. The molecule has 0 saturated heterocycles. The fourth-order valence-corrected chi connectivity index (χ4v) is 1.69. The maximum atomic E-state index is 5.76. The Morgan fingerprint density at radius 1 is 1.19 bits per heavy atom. The number of hydrogen-bond donors (Lipinski definition) is 2. The largest absolute Gasteiger partial charge is 0.382 e. The molecule has 4 N–H and O–H groups in total. The fourth-order valence-electron chi connectivity index (χ4n) is 1.69. The van der Waals surface area contributed by atoms with Crippen LogP contribution in [0.5, 0.6) is 0 Å². The smallest absolute Gasteiger partial charge is 0.222 e. The van der Waals surface area contributed by atoms with Crippen molar-refractivity contribution in [1.29, 1.82) is 0 Å². The van der Waals surface area contributed by atoms with Crippen LogP contribution in [0.1, 0.15) is 25.3 Å². The van der Waals surface area contributed by atoms with E-state index in [0.29, 0.717) is 11.3 Å². The van der Waals surface area contributed by atoms with Gasteiger partial charge in [0, 0.05) is 6.20 Å². The summed E-state index contributed by atoms with van der Waals surface area (Å²) in [5.74, 6) is 0.552. The predicted molar refractivity (Wildman–Crippen MR) is 64.8 cm³/mol. The Hall–Kier alpha value is -1.91. The summed E-state index contributed by atoms with van der Waals surface area (Å²) in [4.78, 5) is 12.3. The average molecular weight is 217 g/mol. The number of anilines is 2. The maximum absolute atomic E-state index is 5.76. The standard InChI is InChI=1S/C11H15N5/c1-2-3-4-7-5-6-14-9-8(7)15-11(13)16-10(9)12/h5-6H,2-4H2,1H3,(H4,12,13,15,16). The zero-order valence-corrected chi connectivity index (χ0v) is 9.27. The van der Waals surface area contributed by atoms with E-state index in [1.165, 1.54) is 0 Å². The summed E-state index contributed by atoms with van der Waals surface area (Å²) >= 11 is 0. The Labute approximate surface area is 93.9 Å². The molecule has 2 aromatic rings. The molecule has 16 heavy (non-hydrogen) atoms. The fraction of sp³-hybridized carbons (Fsp3) is 0.364. The SMILES string of the molecule is CCCCc1ccnc2c(N)nc(N)nc12. The zero-order valence-electron chi connectivity index (χ0n) is 9.27. The number of pyridine rings is 1. The van der Waals surface area contributed by atoms with Gasteiger partial charge in [-0.05, 0) is 24.5 Å². The van der Waals surface area contributed by atoms with Gasteiger partial charge in [-0.25, -0.2) is 4.98 Å². The molecule has 2 heterocycles. The summed E-state index contributed by atoms with van der Waals surface area (Å²) in [6, 6.07) is 1.96. The van der Waals surface area contributed by atoms with E-state index >= 15 is 0 Å². The van der Waals surface area contributed by atoms with Crippen LogP contribution < -0.4 is 11.5 Å². The molecule has 0 bridgehead atoms. The molecule has 0 aliphatic rings. The second kappa shape index (κ2) is 4.30. The minimum atomic E-state index is 0.204. The van der Waals surface area contributed by atoms with Crippen molar-refractivity contribution in [2.75, 3.05) is 11.5 Å². The van der Waals surface area contributed by atoms with Crippen molar-refractivity contribution in [3.05, 3.63) is 17.8 Å². The lowest BCUT2D eigenvalue weighted by molar-refractivity contribution is 0.797. The zero-order chi connectivity index (χ0) is 11.5. The Morgan fingerprint density at radius 3 is 2.75 bits per heavy atom. The van der Waals surface area contributed by atoms with Gasteiger partial charge in [0.15, 0.2) is 5.82 Å². The first kappa shape index (κ1) is 10.6. The molecule has 5 nitrogen and oxygen atoms in total. The number of fused-ring (bicyclic) bond motifs is 1. The predicted octanol–water partition coefficient (Wildman–Crippen LogP) is 1.53. The van der Waals surface area contributed by atoms with Crippen molar-refractivity contribution < 1.29 is 0 Å². The van der Waals surface area contributed by atoms with E-state index < -0.39 is 0 Å². The Bertz CT molecular complexity index is 509. The lowest BCUT2D eigenvalue weighted by atomic mass is 10.1. The third-order valence-electron chi connectivity index (χ3n) is 2.51. The molecular formula is C11H15N5. The Balaban J connectivity index is 2.57. The third-order valence-corrected chi connectivity index (χ3v) is 2.51. The van der Waals surface area contributed by atoms with Crippen molar-refractivity contribution in [3.8, 4) is 0 Å². The Kier molecular flexibility index (Phi) is 2.85. The minimum Gasteiger partial charge on any atom is -0.382 e. The number of hydrogen-bond acceptors (Lipinski definition) is 5. The molecule has 0 spiro atoms. The first-order chi connectivity index (χ1) is 7.72. The van der Waals surface area contributed by atoms with Crippen LogP contribution in [0, 0.1) is 0 Å². The first-order valence-corrected chi connectivity index (χ1v) is 5.39. The first-order valence-electron chi connectivity index (χ1n) is 5.39. The average Bonchev–Trinajstić information content (AvgIpc) is 2.26. The monoisotopic (exact) mass is 217 g/mol. The van der Waals surface area contributed by atoms with Crippen molar-refractivity contribution in [1.82, 2.24) is 15.0 Å². The van der Waals surface area contributed by atoms with Gasteiger partial charge in [-0.3, -0.25) is 4.98 Å². The molecule has 0 saturated carbocycles. The topological polar surface area (TPSA) is 90.7 Å². The van der Waals surface area contributed by atoms with E-state index in [1.807, 2.05) is 6.07 Å². The molecule has 0 atom stereocenters. The van der Waals surface area contributed by atoms with Crippen LogP contribution >= 0.6 is 0 Å². The molecule has 0 aromatic carbocycles. The highest BCUT2D eigenvalue weighted by atomic mass is 15.0. The van der Waals surface area contributed by atoms with Crippen LogP contribution in [0.3, 0.4) is 0 Å². The van der Waals surface area contributed by atoms with Gasteiger partial charge in [0.05, 0.1) is 5.52 Å². The summed E-state index contributed by atoms with van der Waals surface area (Å²) in [5, 5.41) is 0. The van der Waals surface area contributed by atoms with E-state index in [0.717, 1.165) is 30.3 Å². The number of unbranched alkanes of at least 4 members (excludes halogenated alkanes) is 1. The number of nitrogens with zero attached hydrogens (tertiary/aromatic N) is 3. The molecule has 0 fully saturated rings. The molecule has 5 heteroatoms. The summed E-state index contributed by atoms with van der Waals surface area (Å²) in [6.45, 7) is 2.15. The molecule has 0 aliphatic carbocycles. The van der Waals surface area contributed by atoms with Crippen molar-refractivity contribution in [3.63, 3.8) is 0 Å². The summed E-state index contributed by atoms with van der Waals surface area (Å²) in [7, 11) is 0. The van der Waals surface area contributed by atoms with E-state index in [9.17, 15) is 0 Å². The van der Waals surface area contributed by atoms with Crippen LogP contribution in [-0.4, -0.2) is 15.0 Å². The maximum Gasteiger partial charge on any atom is 0.222 e. The highest BCUT2D eigenvalue weighted by molar-refractivity contribution is 5.87. The van der Waals surface area contributed by atoms with Crippen molar-refractivity contribution in [2.24, 2.45) is 0 Å². The number of nitrogen functional groups attached to an aromatic ring is 2. The Morgan fingerprint density at radius 2 is 2.00 bits per heavy atom. The van der Waals surface area contributed by atoms with Gasteiger partial charge in [0.1, 0.15) is 5.52 Å². The molecule has 0 amide bonds. The highest BCUT2D eigenvalue weighted by Crippen LogP contribution is 2.20. The third kappa shape index (κ3) is 1.88. The van der Waals surface area contributed by atoms with Crippen molar-refractivity contribution in [2.45, 2.75) is 26.2 Å². The number of aromatic nitrogens is 3. The van der Waals surface area contributed by atoms with Crippen molar-refractivity contribution >= 4 is 22.8 Å². The highest BCUT2D eigenvalue weighted by Gasteiger charge is 2.08. The minimum absolute atomic E-state index is 0.204. The van der Waals surface area contributed by atoms with E-state index in [-0.39, 0.29) is 5.95 Å². The van der Waals surface area contributed by atoms with Gasteiger partial charge in [-0.1, -0.05) is 13.3 Å². The lowest BCUT2D eigenvalue weighted by Gasteiger charge is -2.06. The molecular weight excluding hydrogens is 202 g/mol. The van der Waals surface area contributed by atoms with E-state index in [1.54, 1.807) is 6.20 Å². The number of aryl methyl sites for hydroxylation is 1. The van der Waals surface area contributed by atoms with Crippen LogP contribution in [0.2, 0.25) is 0 Å². The van der Waals surface area contributed by atoms with Crippen LogP contribution in [-0.2, 0) is 6.42 Å². The summed E-state index contributed by atoms with van der Waals surface area (Å²) in [6.07, 6.45) is 4.96. The molecule has 0 radical (unpaired) electrons. The second-order valence-electron chi connectivity index (χ2n) is 3.74. The summed E-state index contributed by atoms with van der Waals surface area (Å²) < 4.78 is 0. The van der Waals surface area contributed by atoms with Gasteiger partial charge in [0.2, 0.25) is 5.95 Å². The van der Waals surface area contributed by atoms with Crippen LogP contribution in [0.4, 0.5) is 11.8 Å². The lowest BCUT2D eigenvalue weighted by Crippen LogP contribution is -2.03. The molecule has 2 aromatic heterocycles. The molecule has 0 aliphatic heterocycles. The second-order valence-corrected chi connectivity index (χ2v) is 3.74. The van der Waals surface area contributed by atoms with Gasteiger partial charge >= 0.3 is 0 Å². The quantitative estimate of drug-likeness (QED) is 0.813. The number of nitrogens with two attached hydrogens (primary N) is 2. The van der Waals surface area contributed by atoms with Gasteiger partial charge < -0.3 is 11.5 Å². The summed E-state index contributed by atoms with van der Waals surface area (Å²) in [5.41, 5.74) is 13.9. The van der Waals surface area contributed by atoms with E-state index in [2.05, 4.69) is 21.9 Å². The van der Waals surface area contributed by atoms with Crippen LogP contribution in [0.15, 0.2) is 12.3 Å². The molecule has 84 valence electrons. The molecule has 2 rings (SSSR count). The normalized spacial score (nSPS) is 10.8. The van der Waals surface area contributed by atoms with Gasteiger partial charge in [-0.2, -0.15) is 4.98 Å². The van der Waals surface area contributed by atoms with Gasteiger partial charge in [0.25, 0.3) is 0 Å².